The molecule has 6 nitrogen and oxygen atoms in total. The first-order chi connectivity index (χ1) is 32.8. The van der Waals surface area contributed by atoms with Crippen LogP contribution in [0.2, 0.25) is 0 Å². The van der Waals surface area contributed by atoms with E-state index >= 15 is 0 Å². The van der Waals surface area contributed by atoms with Gasteiger partial charge in [0.25, 0.3) is 0 Å². The van der Waals surface area contributed by atoms with E-state index in [9.17, 15) is 0 Å². The van der Waals surface area contributed by atoms with Crippen molar-refractivity contribution in [2.45, 2.75) is 72.1 Å². The zero-order valence-electron chi connectivity index (χ0n) is 39.7. The minimum atomic E-state index is -0.331. The van der Waals surface area contributed by atoms with Crippen LogP contribution < -0.4 is 26.6 Å². The molecule has 0 unspecified atom stereocenters. The molecule has 13 rings (SSSR count). The summed E-state index contributed by atoms with van der Waals surface area (Å²) in [5.41, 5.74) is 20.7. The Labute approximate surface area is 396 Å². The molecule has 0 radical (unpaired) electrons. The number of nitrogens with zero attached hydrogens (tertiary/aromatic N) is 2. The number of rotatable bonds is 5. The summed E-state index contributed by atoms with van der Waals surface area (Å²) in [6.45, 7) is 17.9. The van der Waals surface area contributed by atoms with Crippen molar-refractivity contribution in [3.8, 4) is 22.3 Å². The fraction of sp³-hybridized carbons (Fsp3) is 0.180. The topological polar surface area (TPSA) is 59.0 Å². The van der Waals surface area contributed by atoms with Gasteiger partial charge < -0.3 is 27.5 Å². The average Bonchev–Trinajstić information content (AvgIpc) is 4.14. The molecule has 0 amide bonds. The summed E-state index contributed by atoms with van der Waals surface area (Å²) >= 11 is 0. The Bertz CT molecular complexity index is 3570. The normalized spacial score (nSPS) is 13.6. The maximum atomic E-state index is 7.29. The monoisotopic (exact) mass is 886 g/mol. The molecule has 0 aliphatic carbocycles. The Morgan fingerprint density at radius 3 is 1.29 bits per heavy atom. The van der Waals surface area contributed by atoms with Gasteiger partial charge in [-0.3, -0.25) is 0 Å². The number of furan rings is 4. The highest BCUT2D eigenvalue weighted by molar-refractivity contribution is 6.99. The number of anilines is 6. The van der Waals surface area contributed by atoms with Gasteiger partial charge in [-0.15, -0.1) is 0 Å². The van der Waals surface area contributed by atoms with Crippen molar-refractivity contribution in [1.29, 1.82) is 0 Å². The van der Waals surface area contributed by atoms with E-state index in [-0.39, 0.29) is 23.5 Å². The summed E-state index contributed by atoms with van der Waals surface area (Å²) in [7, 11) is 0. The average molecular weight is 887 g/mol. The smallest absolute Gasteiger partial charge is 0.342 e. The second kappa shape index (κ2) is 14.4. The Morgan fingerprint density at radius 1 is 0.456 bits per heavy atom. The van der Waals surface area contributed by atoms with Crippen LogP contribution >= 0.6 is 0 Å². The summed E-state index contributed by atoms with van der Waals surface area (Å²) in [5, 5.41) is 4.36. The van der Waals surface area contributed by atoms with Crippen molar-refractivity contribution < 1.29 is 17.7 Å². The largest absolute Gasteiger partial charge is 0.468 e. The van der Waals surface area contributed by atoms with Crippen LogP contribution in [0.4, 0.5) is 34.1 Å². The fourth-order valence-electron chi connectivity index (χ4n) is 10.8. The zero-order valence-corrected chi connectivity index (χ0v) is 39.7. The van der Waals surface area contributed by atoms with E-state index in [1.54, 1.807) is 0 Å². The molecule has 7 aromatic carbocycles. The molecule has 7 heteroatoms. The van der Waals surface area contributed by atoms with Crippen molar-refractivity contribution >= 4 is 101 Å². The molecule has 0 atom stereocenters. The molecule has 2 aliphatic rings. The van der Waals surface area contributed by atoms with Crippen LogP contribution in [0.15, 0.2) is 176 Å². The highest BCUT2D eigenvalue weighted by Crippen LogP contribution is 2.51. The minimum absolute atomic E-state index is 0.0784. The van der Waals surface area contributed by atoms with E-state index in [1.807, 2.05) is 36.8 Å². The van der Waals surface area contributed by atoms with Crippen LogP contribution in [0.5, 0.6) is 0 Å². The zero-order chi connectivity index (χ0) is 46.4. The standard InChI is InChI=1S/C61H51BN2O4/c1-35(2)38-29-49-55-50(30-38)64(42-25-19-37(20-26-42)48-34-66-52-16-12-10-14-44(48)52)57-46-32-40(61(6,7)8)22-28-54(46)68-59(57)62(55)58-56(45-31-39(60(3,4)5)21-27-53(45)67-58)63(49)41-23-17-36(18-24-41)47-33-65-51-15-11-9-13-43(47)51/h9-35H,1-8H3. The van der Waals surface area contributed by atoms with Crippen LogP contribution in [-0.4, -0.2) is 6.71 Å². The van der Waals surface area contributed by atoms with E-state index in [4.69, 9.17) is 17.7 Å². The fourth-order valence-corrected chi connectivity index (χ4v) is 10.8. The van der Waals surface area contributed by atoms with Gasteiger partial charge in [0, 0.05) is 55.4 Å². The van der Waals surface area contributed by atoms with Crippen LogP contribution in [0.3, 0.4) is 0 Å². The molecule has 0 fully saturated rings. The highest BCUT2D eigenvalue weighted by atomic mass is 16.4. The molecular formula is C61H51BN2O4. The van der Waals surface area contributed by atoms with Crippen molar-refractivity contribution in [1.82, 2.24) is 0 Å². The Balaban J connectivity index is 1.09. The summed E-state index contributed by atoms with van der Waals surface area (Å²) in [4.78, 5) is 4.92. The lowest BCUT2D eigenvalue weighted by molar-refractivity contribution is 0.590. The predicted octanol–water partition coefficient (Wildman–Crippen LogP) is 15.8. The second-order valence-corrected chi connectivity index (χ2v) is 21.2. The summed E-state index contributed by atoms with van der Waals surface area (Å²) in [5.74, 6) is 0.233. The lowest BCUT2D eigenvalue weighted by atomic mass is 9.37. The Kier molecular flexibility index (Phi) is 8.62. The molecule has 0 saturated heterocycles. The first-order valence-electron chi connectivity index (χ1n) is 23.9. The summed E-state index contributed by atoms with van der Waals surface area (Å²) in [6.07, 6.45) is 3.74. The lowest BCUT2D eigenvalue weighted by Gasteiger charge is -2.41. The molecular weight excluding hydrogens is 835 g/mol. The van der Waals surface area contributed by atoms with Gasteiger partial charge in [-0.05, 0) is 123 Å². The summed E-state index contributed by atoms with van der Waals surface area (Å²) in [6, 6.07) is 52.7. The van der Waals surface area contributed by atoms with Gasteiger partial charge >= 0.3 is 6.71 Å². The number of hydrogen-bond donors (Lipinski definition) is 0. The molecule has 332 valence electrons. The second-order valence-electron chi connectivity index (χ2n) is 21.2. The third-order valence-corrected chi connectivity index (χ3v) is 14.5. The predicted molar refractivity (Wildman–Crippen MR) is 282 cm³/mol. The van der Waals surface area contributed by atoms with Crippen LogP contribution in [0.25, 0.3) is 66.1 Å². The maximum Gasteiger partial charge on any atom is 0.342 e. The molecule has 68 heavy (non-hydrogen) atoms. The minimum Gasteiger partial charge on any atom is -0.468 e. The van der Waals surface area contributed by atoms with Crippen molar-refractivity contribution in [2.24, 2.45) is 0 Å². The van der Waals surface area contributed by atoms with E-state index in [0.717, 1.165) is 117 Å². The van der Waals surface area contributed by atoms with Gasteiger partial charge in [0.15, 0.2) is 0 Å². The highest BCUT2D eigenvalue weighted by Gasteiger charge is 2.50. The third-order valence-electron chi connectivity index (χ3n) is 14.5. The Hall–Kier alpha value is -7.64. The van der Waals surface area contributed by atoms with E-state index in [1.165, 1.54) is 16.7 Å². The first-order valence-corrected chi connectivity index (χ1v) is 23.9. The number of benzene rings is 7. The third kappa shape index (κ3) is 6.04. The number of hydrogen-bond acceptors (Lipinski definition) is 6. The van der Waals surface area contributed by atoms with Gasteiger partial charge in [-0.2, -0.15) is 0 Å². The first kappa shape index (κ1) is 40.6. The Morgan fingerprint density at radius 2 is 0.882 bits per heavy atom. The lowest BCUT2D eigenvalue weighted by Crippen LogP contribution is -2.60. The summed E-state index contributed by atoms with van der Waals surface area (Å²) < 4.78 is 26.6. The maximum absolute atomic E-state index is 7.29. The molecule has 0 saturated carbocycles. The molecule has 0 N–H and O–H groups in total. The van der Waals surface area contributed by atoms with Gasteiger partial charge in [-0.25, -0.2) is 0 Å². The van der Waals surface area contributed by atoms with E-state index < -0.39 is 0 Å². The van der Waals surface area contributed by atoms with Gasteiger partial charge in [0.05, 0.1) is 23.9 Å². The van der Waals surface area contributed by atoms with E-state index in [2.05, 4.69) is 187 Å². The molecule has 11 aromatic rings. The quantitative estimate of drug-likeness (QED) is 0.161. The molecule has 2 aliphatic heterocycles. The van der Waals surface area contributed by atoms with Crippen molar-refractivity contribution in [3.05, 3.63) is 175 Å². The van der Waals surface area contributed by atoms with Gasteiger partial charge in [0.2, 0.25) is 0 Å². The molecule has 0 spiro atoms. The van der Waals surface area contributed by atoms with Crippen molar-refractivity contribution in [2.75, 3.05) is 9.80 Å². The van der Waals surface area contributed by atoms with E-state index in [0.29, 0.717) is 0 Å². The number of fused-ring (bicyclic) bond motifs is 10. The molecule has 0 bridgehead atoms. The van der Waals surface area contributed by atoms with Gasteiger partial charge in [-0.1, -0.05) is 128 Å². The van der Waals surface area contributed by atoms with Crippen LogP contribution in [0.1, 0.15) is 78.0 Å². The van der Waals surface area contributed by atoms with Crippen LogP contribution in [-0.2, 0) is 10.8 Å². The van der Waals surface area contributed by atoms with Crippen molar-refractivity contribution in [3.63, 3.8) is 0 Å². The van der Waals surface area contributed by atoms with Crippen LogP contribution in [0, 0.1) is 0 Å². The number of para-hydroxylation sites is 2. The molecule has 4 aromatic heterocycles. The molecule has 6 heterocycles. The van der Waals surface area contributed by atoms with Gasteiger partial charge in [0.1, 0.15) is 33.7 Å². The SMILES string of the molecule is CC(C)c1cc2c3c(c1)N(c1ccc(-c4coc5ccccc45)cc1)c1c(oc4ccc(C(C)(C)C)cc14)B3c1oc3ccc(C(C)(C)C)cc3c1N2c1ccc(-c2coc3ccccc23)cc1.